The van der Waals surface area contributed by atoms with Gasteiger partial charge in [-0.2, -0.15) is 5.10 Å². The SMILES string of the molecule is CC(C)n1nc(C(=CN(C)C)C(=O)c2ccc(F)cc2)ccc1=O. The normalized spacial score (nSPS) is 11.7. The highest BCUT2D eigenvalue weighted by Crippen LogP contribution is 2.19. The van der Waals surface area contributed by atoms with Gasteiger partial charge in [-0.25, -0.2) is 9.07 Å². The summed E-state index contributed by atoms with van der Waals surface area (Å²) in [6, 6.07) is 8.13. The van der Waals surface area contributed by atoms with E-state index in [4.69, 9.17) is 0 Å². The molecule has 6 heteroatoms. The van der Waals surface area contributed by atoms with Crippen LogP contribution >= 0.6 is 0 Å². The van der Waals surface area contributed by atoms with E-state index in [0.29, 0.717) is 16.8 Å². The fraction of sp³-hybridized carbons (Fsp3) is 0.278. The zero-order valence-electron chi connectivity index (χ0n) is 14.2. The lowest BCUT2D eigenvalue weighted by atomic mass is 10.0. The number of allylic oxidation sites excluding steroid dienone is 1. The maximum absolute atomic E-state index is 13.1. The van der Waals surface area contributed by atoms with E-state index < -0.39 is 5.82 Å². The predicted molar refractivity (Wildman–Crippen MR) is 91.3 cm³/mol. The Bertz CT molecular complexity index is 821. The Balaban J connectivity index is 2.54. The molecule has 126 valence electrons. The van der Waals surface area contributed by atoms with Crippen LogP contribution < -0.4 is 5.56 Å². The Hall–Kier alpha value is -2.76. The molecule has 0 aliphatic rings. The molecule has 24 heavy (non-hydrogen) atoms. The van der Waals surface area contributed by atoms with Gasteiger partial charge in [0.25, 0.3) is 5.56 Å². The summed E-state index contributed by atoms with van der Waals surface area (Å²) < 4.78 is 14.4. The largest absolute Gasteiger partial charge is 0.383 e. The second-order valence-electron chi connectivity index (χ2n) is 5.94. The number of benzene rings is 1. The van der Waals surface area contributed by atoms with E-state index in [2.05, 4.69) is 5.10 Å². The fourth-order valence-corrected chi connectivity index (χ4v) is 2.19. The van der Waals surface area contributed by atoms with Crippen LogP contribution in [0.2, 0.25) is 0 Å². The molecule has 0 amide bonds. The second kappa shape index (κ2) is 7.21. The van der Waals surface area contributed by atoms with Gasteiger partial charge in [-0.15, -0.1) is 0 Å². The molecule has 1 aromatic heterocycles. The number of carbonyl (C=O) groups is 1. The molecule has 0 saturated heterocycles. The molecule has 1 heterocycles. The Morgan fingerprint density at radius 1 is 1.17 bits per heavy atom. The summed E-state index contributed by atoms with van der Waals surface area (Å²) >= 11 is 0. The fourth-order valence-electron chi connectivity index (χ4n) is 2.19. The Morgan fingerprint density at radius 2 is 1.79 bits per heavy atom. The number of Topliss-reactive ketones (excluding diaryl/α,β-unsaturated/α-hetero) is 1. The van der Waals surface area contributed by atoms with Crippen molar-refractivity contribution >= 4 is 11.4 Å². The molecule has 5 nitrogen and oxygen atoms in total. The number of aromatic nitrogens is 2. The third-order valence-electron chi connectivity index (χ3n) is 3.33. The van der Waals surface area contributed by atoms with Gasteiger partial charge in [0.05, 0.1) is 17.3 Å². The number of carbonyl (C=O) groups excluding carboxylic acids is 1. The van der Waals surface area contributed by atoms with Gasteiger partial charge in [-0.3, -0.25) is 9.59 Å². The summed E-state index contributed by atoms with van der Waals surface area (Å²) in [6.07, 6.45) is 1.64. The third-order valence-corrected chi connectivity index (χ3v) is 3.33. The predicted octanol–water partition coefficient (Wildman–Crippen LogP) is 2.75. The first-order valence-electron chi connectivity index (χ1n) is 7.58. The Kier molecular flexibility index (Phi) is 5.28. The second-order valence-corrected chi connectivity index (χ2v) is 5.94. The maximum atomic E-state index is 13.1. The lowest BCUT2D eigenvalue weighted by Gasteiger charge is -2.14. The van der Waals surface area contributed by atoms with Crippen molar-refractivity contribution in [2.24, 2.45) is 0 Å². The van der Waals surface area contributed by atoms with Gasteiger partial charge < -0.3 is 4.90 Å². The number of nitrogens with zero attached hydrogens (tertiary/aromatic N) is 3. The summed E-state index contributed by atoms with van der Waals surface area (Å²) in [6.45, 7) is 3.69. The summed E-state index contributed by atoms with van der Waals surface area (Å²) in [5, 5.41) is 4.30. The van der Waals surface area contributed by atoms with E-state index in [1.165, 1.54) is 41.1 Å². The van der Waals surface area contributed by atoms with Crippen molar-refractivity contribution in [3.05, 3.63) is 70.0 Å². The van der Waals surface area contributed by atoms with Crippen LogP contribution in [0.1, 0.15) is 35.9 Å². The van der Waals surface area contributed by atoms with E-state index in [-0.39, 0.29) is 17.4 Å². The summed E-state index contributed by atoms with van der Waals surface area (Å²) in [7, 11) is 3.58. The minimum absolute atomic E-state index is 0.126. The van der Waals surface area contributed by atoms with Crippen LogP contribution in [-0.2, 0) is 0 Å². The van der Waals surface area contributed by atoms with E-state index in [0.717, 1.165) is 0 Å². The van der Waals surface area contributed by atoms with Crippen molar-refractivity contribution in [1.29, 1.82) is 0 Å². The van der Waals surface area contributed by atoms with Crippen molar-refractivity contribution in [1.82, 2.24) is 14.7 Å². The van der Waals surface area contributed by atoms with Gasteiger partial charge in [0.1, 0.15) is 5.82 Å². The number of hydrogen-bond acceptors (Lipinski definition) is 4. The number of halogens is 1. The Labute approximate surface area is 140 Å². The molecule has 2 aromatic rings. The van der Waals surface area contributed by atoms with E-state index >= 15 is 0 Å². The molecule has 0 N–H and O–H groups in total. The van der Waals surface area contributed by atoms with Gasteiger partial charge in [0, 0.05) is 31.9 Å². The molecule has 0 unspecified atom stereocenters. The van der Waals surface area contributed by atoms with Crippen LogP contribution in [-0.4, -0.2) is 34.6 Å². The average Bonchev–Trinajstić information content (AvgIpc) is 2.53. The third kappa shape index (κ3) is 3.95. The molecule has 0 spiro atoms. The lowest BCUT2D eigenvalue weighted by Crippen LogP contribution is -2.25. The standard InChI is InChI=1S/C18H20FN3O2/c1-12(2)22-17(23)10-9-16(20-22)15(11-21(3)4)18(24)13-5-7-14(19)8-6-13/h5-12H,1-4H3. The summed E-state index contributed by atoms with van der Waals surface area (Å²) in [5.74, 6) is -0.693. The zero-order valence-corrected chi connectivity index (χ0v) is 14.2. The van der Waals surface area contributed by atoms with Gasteiger partial charge in [0.15, 0.2) is 5.78 Å². The van der Waals surface area contributed by atoms with Crippen molar-refractivity contribution in [2.75, 3.05) is 14.1 Å². The van der Waals surface area contributed by atoms with Crippen LogP contribution in [0.4, 0.5) is 4.39 Å². The molecule has 2 rings (SSSR count). The summed E-state index contributed by atoms with van der Waals surface area (Å²) in [4.78, 5) is 26.4. The molecule has 0 aliphatic heterocycles. The van der Waals surface area contributed by atoms with Crippen molar-refractivity contribution < 1.29 is 9.18 Å². The van der Waals surface area contributed by atoms with Gasteiger partial charge in [-0.05, 0) is 44.2 Å². The van der Waals surface area contributed by atoms with Crippen molar-refractivity contribution in [3.63, 3.8) is 0 Å². The molecule has 0 saturated carbocycles. The minimum Gasteiger partial charge on any atom is -0.383 e. The maximum Gasteiger partial charge on any atom is 0.267 e. The first kappa shape index (κ1) is 17.6. The topological polar surface area (TPSA) is 55.2 Å². The first-order valence-corrected chi connectivity index (χ1v) is 7.58. The Morgan fingerprint density at radius 3 is 2.33 bits per heavy atom. The van der Waals surface area contributed by atoms with Crippen LogP contribution in [0.5, 0.6) is 0 Å². The van der Waals surface area contributed by atoms with E-state index in [1.54, 1.807) is 25.2 Å². The van der Waals surface area contributed by atoms with E-state index in [1.807, 2.05) is 13.8 Å². The van der Waals surface area contributed by atoms with Crippen LogP contribution in [0, 0.1) is 5.82 Å². The lowest BCUT2D eigenvalue weighted by molar-refractivity contribution is 0.105. The minimum atomic E-state index is -0.406. The first-order chi connectivity index (χ1) is 11.3. The monoisotopic (exact) mass is 329 g/mol. The molecule has 0 fully saturated rings. The van der Waals surface area contributed by atoms with Gasteiger partial charge in [0.2, 0.25) is 0 Å². The van der Waals surface area contributed by atoms with Crippen molar-refractivity contribution in [3.8, 4) is 0 Å². The van der Waals surface area contributed by atoms with Crippen LogP contribution in [0.25, 0.3) is 5.57 Å². The number of hydrogen-bond donors (Lipinski definition) is 0. The smallest absolute Gasteiger partial charge is 0.267 e. The molecule has 0 bridgehead atoms. The summed E-state index contributed by atoms with van der Waals surface area (Å²) in [5.41, 5.74) is 0.855. The molecule has 0 radical (unpaired) electrons. The highest BCUT2D eigenvalue weighted by atomic mass is 19.1. The van der Waals surface area contributed by atoms with Gasteiger partial charge >= 0.3 is 0 Å². The van der Waals surface area contributed by atoms with E-state index in [9.17, 15) is 14.0 Å². The van der Waals surface area contributed by atoms with Crippen LogP contribution in [0.3, 0.4) is 0 Å². The molecule has 1 aromatic carbocycles. The van der Waals surface area contributed by atoms with Crippen LogP contribution in [0.15, 0.2) is 47.4 Å². The molecule has 0 atom stereocenters. The zero-order chi connectivity index (χ0) is 17.9. The average molecular weight is 329 g/mol. The highest BCUT2D eigenvalue weighted by molar-refractivity contribution is 6.28. The van der Waals surface area contributed by atoms with Gasteiger partial charge in [-0.1, -0.05) is 0 Å². The number of rotatable bonds is 5. The molecule has 0 aliphatic carbocycles. The highest BCUT2D eigenvalue weighted by Gasteiger charge is 2.18. The van der Waals surface area contributed by atoms with Crippen molar-refractivity contribution in [2.45, 2.75) is 19.9 Å². The molecular weight excluding hydrogens is 309 g/mol. The number of ketones is 1. The molecular formula is C18H20FN3O2. The quantitative estimate of drug-likeness (QED) is 0.625.